The summed E-state index contributed by atoms with van der Waals surface area (Å²) in [5, 5.41) is 12.5. The molecular formula is C31H26N2O4. The van der Waals surface area contributed by atoms with Crippen molar-refractivity contribution in [2.45, 2.75) is 13.2 Å². The number of benzene rings is 4. The molecule has 1 N–H and O–H groups in total. The summed E-state index contributed by atoms with van der Waals surface area (Å²) in [5.74, 6) is 1.27. The molecule has 4 rings (SSSR count). The van der Waals surface area contributed by atoms with E-state index in [1.165, 1.54) is 6.08 Å². The number of ether oxygens (including phenoxy) is 3. The summed E-state index contributed by atoms with van der Waals surface area (Å²) in [6, 6.07) is 33.8. The minimum absolute atomic E-state index is 0.0564. The van der Waals surface area contributed by atoms with Crippen LogP contribution in [0.25, 0.3) is 6.08 Å². The average Bonchev–Trinajstić information content (AvgIpc) is 2.95. The van der Waals surface area contributed by atoms with E-state index < -0.39 is 5.91 Å². The molecule has 0 heterocycles. The Bertz CT molecular complexity index is 1390. The first kappa shape index (κ1) is 25.1. The maximum atomic E-state index is 12.9. The SMILES string of the molecule is COc1ccc(/C=C(\C#N)C(=O)Nc2ccc(OCc3ccccc3)cc2)c(OCc2ccccc2)c1. The van der Waals surface area contributed by atoms with E-state index in [0.29, 0.717) is 41.7 Å². The van der Waals surface area contributed by atoms with Gasteiger partial charge in [-0.25, -0.2) is 0 Å². The predicted molar refractivity (Wildman–Crippen MR) is 143 cm³/mol. The van der Waals surface area contributed by atoms with Gasteiger partial charge in [0.2, 0.25) is 0 Å². The summed E-state index contributed by atoms with van der Waals surface area (Å²) in [6.45, 7) is 0.784. The van der Waals surface area contributed by atoms with E-state index >= 15 is 0 Å². The minimum atomic E-state index is -0.523. The molecule has 6 nitrogen and oxygen atoms in total. The zero-order valence-corrected chi connectivity index (χ0v) is 20.4. The zero-order chi connectivity index (χ0) is 25.9. The summed E-state index contributed by atoms with van der Waals surface area (Å²) in [7, 11) is 1.57. The monoisotopic (exact) mass is 490 g/mol. The first-order valence-corrected chi connectivity index (χ1v) is 11.7. The van der Waals surface area contributed by atoms with Crippen molar-refractivity contribution >= 4 is 17.7 Å². The molecule has 0 aromatic heterocycles. The highest BCUT2D eigenvalue weighted by Crippen LogP contribution is 2.28. The van der Waals surface area contributed by atoms with Gasteiger partial charge in [0.15, 0.2) is 0 Å². The van der Waals surface area contributed by atoms with E-state index in [2.05, 4.69) is 5.32 Å². The van der Waals surface area contributed by atoms with E-state index in [4.69, 9.17) is 14.2 Å². The van der Waals surface area contributed by atoms with Gasteiger partial charge in [0, 0.05) is 17.3 Å². The lowest BCUT2D eigenvalue weighted by Gasteiger charge is -2.12. The standard InChI is InChI=1S/C31H26N2O4/c1-35-29-15-12-25(30(19-29)37-22-24-10-6-3-7-11-24)18-26(20-32)31(34)33-27-13-16-28(17-14-27)36-21-23-8-4-2-5-9-23/h2-19H,21-22H2,1H3,(H,33,34)/b26-18+. The Morgan fingerprint density at radius 2 is 1.41 bits per heavy atom. The smallest absolute Gasteiger partial charge is 0.266 e. The minimum Gasteiger partial charge on any atom is -0.497 e. The van der Waals surface area contributed by atoms with Crippen molar-refractivity contribution in [2.75, 3.05) is 12.4 Å². The number of hydrogen-bond acceptors (Lipinski definition) is 5. The largest absolute Gasteiger partial charge is 0.497 e. The molecule has 0 spiro atoms. The van der Waals surface area contributed by atoms with E-state index in [9.17, 15) is 10.1 Å². The molecule has 6 heteroatoms. The molecule has 4 aromatic rings. The molecule has 0 aliphatic carbocycles. The fourth-order valence-electron chi connectivity index (χ4n) is 3.50. The number of hydrogen-bond donors (Lipinski definition) is 1. The number of nitrogens with zero attached hydrogens (tertiary/aromatic N) is 1. The molecule has 0 radical (unpaired) electrons. The van der Waals surface area contributed by atoms with Crippen LogP contribution in [0, 0.1) is 11.3 Å². The quantitative estimate of drug-likeness (QED) is 0.206. The van der Waals surface area contributed by atoms with Crippen LogP contribution in [0.2, 0.25) is 0 Å². The third-order valence-corrected chi connectivity index (χ3v) is 5.48. The molecule has 0 atom stereocenters. The van der Waals surface area contributed by atoms with Gasteiger partial charge in [-0.3, -0.25) is 4.79 Å². The number of rotatable bonds is 10. The number of nitrogens with one attached hydrogen (secondary N) is 1. The first-order chi connectivity index (χ1) is 18.1. The second-order valence-corrected chi connectivity index (χ2v) is 8.10. The number of carbonyl (C=O) groups excluding carboxylic acids is 1. The highest BCUT2D eigenvalue weighted by molar-refractivity contribution is 6.09. The number of nitriles is 1. The Morgan fingerprint density at radius 1 is 0.811 bits per heavy atom. The molecule has 0 bridgehead atoms. The number of carbonyl (C=O) groups is 1. The Kier molecular flexibility index (Phi) is 8.55. The highest BCUT2D eigenvalue weighted by Gasteiger charge is 2.13. The molecule has 0 aliphatic rings. The van der Waals surface area contributed by atoms with Gasteiger partial charge in [-0.1, -0.05) is 60.7 Å². The van der Waals surface area contributed by atoms with Crippen molar-refractivity contribution in [3.05, 3.63) is 125 Å². The third kappa shape index (κ3) is 7.23. The summed E-state index contributed by atoms with van der Waals surface area (Å²) < 4.78 is 17.1. The summed E-state index contributed by atoms with van der Waals surface area (Å²) in [6.07, 6.45) is 1.51. The van der Waals surface area contributed by atoms with Crippen LogP contribution in [0.15, 0.2) is 109 Å². The summed E-state index contributed by atoms with van der Waals surface area (Å²) >= 11 is 0. The summed E-state index contributed by atoms with van der Waals surface area (Å²) in [5.41, 5.74) is 3.14. The molecule has 184 valence electrons. The highest BCUT2D eigenvalue weighted by atomic mass is 16.5. The van der Waals surface area contributed by atoms with E-state index in [1.54, 1.807) is 49.6 Å². The van der Waals surface area contributed by atoms with Crippen molar-refractivity contribution in [3.63, 3.8) is 0 Å². The Labute approximate surface area is 216 Å². The number of methoxy groups -OCH3 is 1. The predicted octanol–water partition coefficient (Wildman–Crippen LogP) is 6.40. The van der Waals surface area contributed by atoms with Gasteiger partial charge in [0.25, 0.3) is 5.91 Å². The third-order valence-electron chi connectivity index (χ3n) is 5.48. The second-order valence-electron chi connectivity index (χ2n) is 8.10. The number of anilines is 1. The number of amides is 1. The Balaban J connectivity index is 1.44. The Morgan fingerprint density at radius 3 is 2.00 bits per heavy atom. The van der Waals surface area contributed by atoms with Gasteiger partial charge < -0.3 is 19.5 Å². The molecule has 4 aromatic carbocycles. The van der Waals surface area contributed by atoms with Crippen LogP contribution in [-0.2, 0) is 18.0 Å². The molecule has 0 aliphatic heterocycles. The Hall–Kier alpha value is -5.02. The maximum Gasteiger partial charge on any atom is 0.266 e. The lowest BCUT2D eigenvalue weighted by molar-refractivity contribution is -0.112. The normalized spacial score (nSPS) is 10.8. The fourth-order valence-corrected chi connectivity index (χ4v) is 3.50. The van der Waals surface area contributed by atoms with Crippen LogP contribution in [0.1, 0.15) is 16.7 Å². The van der Waals surface area contributed by atoms with Crippen LogP contribution in [0.3, 0.4) is 0 Å². The lowest BCUT2D eigenvalue weighted by Crippen LogP contribution is -2.13. The molecule has 0 unspecified atom stereocenters. The molecule has 1 amide bonds. The van der Waals surface area contributed by atoms with Crippen molar-refractivity contribution in [2.24, 2.45) is 0 Å². The van der Waals surface area contributed by atoms with Gasteiger partial charge in [-0.05, 0) is 53.6 Å². The second kappa shape index (κ2) is 12.6. The zero-order valence-electron chi connectivity index (χ0n) is 20.4. The van der Waals surface area contributed by atoms with Crippen LogP contribution in [0.5, 0.6) is 17.2 Å². The fraction of sp³-hybridized carbons (Fsp3) is 0.0968. The van der Waals surface area contributed by atoms with Crippen LogP contribution < -0.4 is 19.5 Å². The first-order valence-electron chi connectivity index (χ1n) is 11.7. The van der Waals surface area contributed by atoms with Gasteiger partial charge >= 0.3 is 0 Å². The van der Waals surface area contributed by atoms with Gasteiger partial charge in [-0.2, -0.15) is 5.26 Å². The van der Waals surface area contributed by atoms with E-state index in [-0.39, 0.29) is 5.57 Å². The molecule has 0 saturated heterocycles. The average molecular weight is 491 g/mol. The van der Waals surface area contributed by atoms with Crippen molar-refractivity contribution < 1.29 is 19.0 Å². The topological polar surface area (TPSA) is 80.6 Å². The van der Waals surface area contributed by atoms with Crippen molar-refractivity contribution in [3.8, 4) is 23.3 Å². The molecule has 0 fully saturated rings. The van der Waals surface area contributed by atoms with E-state index in [1.807, 2.05) is 66.7 Å². The van der Waals surface area contributed by atoms with Crippen LogP contribution in [-0.4, -0.2) is 13.0 Å². The van der Waals surface area contributed by atoms with Gasteiger partial charge in [0.1, 0.15) is 42.1 Å². The van der Waals surface area contributed by atoms with Gasteiger partial charge in [-0.15, -0.1) is 0 Å². The molecular weight excluding hydrogens is 464 g/mol. The van der Waals surface area contributed by atoms with E-state index in [0.717, 1.165) is 11.1 Å². The summed E-state index contributed by atoms with van der Waals surface area (Å²) in [4.78, 5) is 12.9. The van der Waals surface area contributed by atoms with Crippen LogP contribution >= 0.6 is 0 Å². The van der Waals surface area contributed by atoms with Crippen molar-refractivity contribution in [1.82, 2.24) is 0 Å². The lowest BCUT2D eigenvalue weighted by atomic mass is 10.1. The molecule has 37 heavy (non-hydrogen) atoms. The van der Waals surface area contributed by atoms with Crippen molar-refractivity contribution in [1.29, 1.82) is 5.26 Å². The maximum absolute atomic E-state index is 12.9. The van der Waals surface area contributed by atoms with Crippen LogP contribution in [0.4, 0.5) is 5.69 Å². The van der Waals surface area contributed by atoms with Gasteiger partial charge in [0.05, 0.1) is 7.11 Å². The molecule has 0 saturated carbocycles.